The minimum atomic E-state index is 0.621. The van der Waals surface area contributed by atoms with Crippen LogP contribution in [0, 0.1) is 26.7 Å². The molecular weight excluding hydrogens is 206 g/mol. The first-order valence-electron chi connectivity index (χ1n) is 6.69. The van der Waals surface area contributed by atoms with E-state index < -0.39 is 0 Å². The zero-order chi connectivity index (χ0) is 13.0. The summed E-state index contributed by atoms with van der Waals surface area (Å²) in [6, 6.07) is 5.29. The van der Waals surface area contributed by atoms with Crippen LogP contribution in [0.1, 0.15) is 42.5 Å². The van der Waals surface area contributed by atoms with Gasteiger partial charge in [-0.3, -0.25) is 0 Å². The van der Waals surface area contributed by atoms with Crippen LogP contribution in [0.4, 0.5) is 0 Å². The van der Waals surface area contributed by atoms with Crippen molar-refractivity contribution in [1.82, 2.24) is 5.32 Å². The number of hydrogen-bond acceptors (Lipinski definition) is 1. The van der Waals surface area contributed by atoms with Crippen molar-refractivity contribution >= 4 is 0 Å². The second-order valence-electron chi connectivity index (χ2n) is 5.54. The van der Waals surface area contributed by atoms with Gasteiger partial charge in [0, 0.05) is 6.04 Å². The molecule has 0 aliphatic carbocycles. The van der Waals surface area contributed by atoms with Crippen molar-refractivity contribution in [3.05, 3.63) is 34.4 Å². The van der Waals surface area contributed by atoms with Crippen molar-refractivity contribution in [1.29, 1.82) is 0 Å². The highest BCUT2D eigenvalue weighted by atomic mass is 14.9. The molecule has 1 nitrogen and oxygen atoms in total. The summed E-state index contributed by atoms with van der Waals surface area (Å²) in [5.41, 5.74) is 5.76. The molecule has 17 heavy (non-hydrogen) atoms. The van der Waals surface area contributed by atoms with E-state index in [1.54, 1.807) is 0 Å². The summed E-state index contributed by atoms with van der Waals surface area (Å²) in [6.07, 6.45) is 2.40. The number of hydrogen-bond donors (Lipinski definition) is 1. The van der Waals surface area contributed by atoms with Crippen molar-refractivity contribution < 1.29 is 0 Å². The number of nitrogens with one attached hydrogen (secondary N) is 1. The Morgan fingerprint density at radius 1 is 1.00 bits per heavy atom. The summed E-state index contributed by atoms with van der Waals surface area (Å²) in [5, 5.41) is 3.42. The molecule has 0 amide bonds. The van der Waals surface area contributed by atoms with Crippen molar-refractivity contribution in [3.63, 3.8) is 0 Å². The van der Waals surface area contributed by atoms with Crippen molar-refractivity contribution in [3.8, 4) is 0 Å². The largest absolute Gasteiger partial charge is 0.317 e. The molecule has 96 valence electrons. The van der Waals surface area contributed by atoms with Gasteiger partial charge in [0.2, 0.25) is 0 Å². The Bertz CT molecular complexity index is 366. The highest BCUT2D eigenvalue weighted by Gasteiger charge is 2.11. The Balaban J connectivity index is 2.72. The molecule has 0 saturated carbocycles. The minimum Gasteiger partial charge on any atom is -0.317 e. The summed E-state index contributed by atoms with van der Waals surface area (Å²) in [4.78, 5) is 0. The molecule has 0 fully saturated rings. The molecule has 0 bridgehead atoms. The topological polar surface area (TPSA) is 12.0 Å². The third-order valence-electron chi connectivity index (χ3n) is 3.85. The first-order valence-corrected chi connectivity index (χ1v) is 6.69. The third-order valence-corrected chi connectivity index (χ3v) is 3.85. The smallest absolute Gasteiger partial charge is 0.00902 e. The molecule has 1 unspecified atom stereocenters. The van der Waals surface area contributed by atoms with E-state index in [-0.39, 0.29) is 0 Å². The lowest BCUT2D eigenvalue weighted by molar-refractivity contribution is 0.402. The zero-order valence-corrected chi connectivity index (χ0v) is 12.2. The van der Waals surface area contributed by atoms with Crippen LogP contribution >= 0.6 is 0 Å². The second kappa shape index (κ2) is 6.20. The molecule has 1 N–H and O–H groups in total. The van der Waals surface area contributed by atoms with Crippen LogP contribution in [-0.4, -0.2) is 13.1 Å². The van der Waals surface area contributed by atoms with Crippen LogP contribution in [0.25, 0.3) is 0 Å². The SMILES string of the molecule is CNC(CCc1cc(C)c(C)cc1C)C(C)C. The van der Waals surface area contributed by atoms with E-state index in [0.29, 0.717) is 12.0 Å². The van der Waals surface area contributed by atoms with Gasteiger partial charge in [-0.15, -0.1) is 0 Å². The molecule has 0 aliphatic heterocycles. The van der Waals surface area contributed by atoms with Gasteiger partial charge in [0.1, 0.15) is 0 Å². The summed E-state index contributed by atoms with van der Waals surface area (Å²) in [6.45, 7) is 11.2. The summed E-state index contributed by atoms with van der Waals surface area (Å²) in [5.74, 6) is 0.701. The van der Waals surface area contributed by atoms with Crippen LogP contribution in [0.15, 0.2) is 12.1 Å². The monoisotopic (exact) mass is 233 g/mol. The van der Waals surface area contributed by atoms with Crippen LogP contribution in [-0.2, 0) is 6.42 Å². The molecular formula is C16H27N. The van der Waals surface area contributed by atoms with Gasteiger partial charge in [0.05, 0.1) is 0 Å². The third kappa shape index (κ3) is 3.85. The van der Waals surface area contributed by atoms with E-state index in [1.807, 2.05) is 0 Å². The zero-order valence-electron chi connectivity index (χ0n) is 12.2. The highest BCUT2D eigenvalue weighted by molar-refractivity contribution is 5.36. The highest BCUT2D eigenvalue weighted by Crippen LogP contribution is 2.18. The molecule has 0 radical (unpaired) electrons. The van der Waals surface area contributed by atoms with Crippen LogP contribution in [0.2, 0.25) is 0 Å². The number of rotatable bonds is 5. The van der Waals surface area contributed by atoms with Crippen LogP contribution in [0.5, 0.6) is 0 Å². The van der Waals surface area contributed by atoms with Crippen molar-refractivity contribution in [2.75, 3.05) is 7.05 Å². The number of aryl methyl sites for hydroxylation is 4. The van der Waals surface area contributed by atoms with Crippen LogP contribution in [0.3, 0.4) is 0 Å². The maximum Gasteiger partial charge on any atom is 0.00902 e. The molecule has 1 atom stereocenters. The Morgan fingerprint density at radius 2 is 1.59 bits per heavy atom. The standard InChI is InChI=1S/C16H27N/c1-11(2)16(17-6)8-7-15-10-13(4)12(3)9-14(15)5/h9-11,16-17H,7-8H2,1-6H3. The fourth-order valence-corrected chi connectivity index (χ4v) is 2.41. The summed E-state index contributed by atoms with van der Waals surface area (Å²) >= 11 is 0. The second-order valence-corrected chi connectivity index (χ2v) is 5.54. The molecule has 1 aromatic carbocycles. The van der Waals surface area contributed by atoms with Gasteiger partial charge in [0.25, 0.3) is 0 Å². The predicted molar refractivity (Wildman–Crippen MR) is 76.7 cm³/mol. The van der Waals surface area contributed by atoms with E-state index in [2.05, 4.69) is 59.1 Å². The maximum atomic E-state index is 3.42. The molecule has 1 heteroatoms. The molecule has 0 aromatic heterocycles. The van der Waals surface area contributed by atoms with E-state index in [9.17, 15) is 0 Å². The fraction of sp³-hybridized carbons (Fsp3) is 0.625. The Morgan fingerprint density at radius 3 is 2.12 bits per heavy atom. The fourth-order valence-electron chi connectivity index (χ4n) is 2.41. The van der Waals surface area contributed by atoms with Gasteiger partial charge in [0.15, 0.2) is 0 Å². The van der Waals surface area contributed by atoms with Gasteiger partial charge in [-0.2, -0.15) is 0 Å². The lowest BCUT2D eigenvalue weighted by Crippen LogP contribution is -2.31. The lowest BCUT2D eigenvalue weighted by Gasteiger charge is -2.20. The van der Waals surface area contributed by atoms with Gasteiger partial charge in [-0.05, 0) is 68.8 Å². The van der Waals surface area contributed by atoms with E-state index in [1.165, 1.54) is 35.1 Å². The molecule has 0 aliphatic rings. The summed E-state index contributed by atoms with van der Waals surface area (Å²) in [7, 11) is 2.07. The summed E-state index contributed by atoms with van der Waals surface area (Å²) < 4.78 is 0. The normalized spacial score (nSPS) is 13.1. The lowest BCUT2D eigenvalue weighted by atomic mass is 9.93. The Kier molecular flexibility index (Phi) is 5.20. The Hall–Kier alpha value is -0.820. The van der Waals surface area contributed by atoms with Gasteiger partial charge in [-0.25, -0.2) is 0 Å². The first kappa shape index (κ1) is 14.2. The maximum absolute atomic E-state index is 3.42. The van der Waals surface area contributed by atoms with Crippen molar-refractivity contribution in [2.24, 2.45) is 5.92 Å². The first-order chi connectivity index (χ1) is 7.95. The molecule has 0 saturated heterocycles. The molecule has 1 aromatic rings. The molecule has 1 rings (SSSR count). The average molecular weight is 233 g/mol. The van der Waals surface area contributed by atoms with Crippen LogP contribution < -0.4 is 5.32 Å². The predicted octanol–water partition coefficient (Wildman–Crippen LogP) is 3.79. The van der Waals surface area contributed by atoms with Gasteiger partial charge < -0.3 is 5.32 Å². The molecule has 0 spiro atoms. The Labute approximate surface area is 107 Å². The van der Waals surface area contributed by atoms with Crippen molar-refractivity contribution in [2.45, 2.75) is 53.5 Å². The van der Waals surface area contributed by atoms with Gasteiger partial charge in [-0.1, -0.05) is 26.0 Å². The van der Waals surface area contributed by atoms with E-state index in [0.717, 1.165) is 0 Å². The van der Waals surface area contributed by atoms with E-state index >= 15 is 0 Å². The quantitative estimate of drug-likeness (QED) is 0.816. The average Bonchev–Trinajstić information content (AvgIpc) is 2.25. The van der Waals surface area contributed by atoms with Gasteiger partial charge >= 0.3 is 0 Å². The number of benzene rings is 1. The van der Waals surface area contributed by atoms with E-state index in [4.69, 9.17) is 0 Å². The molecule has 0 heterocycles. The minimum absolute atomic E-state index is 0.621.